The zero-order chi connectivity index (χ0) is 20.8. The molecule has 0 aromatic carbocycles. The predicted molar refractivity (Wildman–Crippen MR) is 100 cm³/mol. The first kappa shape index (κ1) is 25.6. The number of rotatable bonds is 16. The highest BCUT2D eigenvalue weighted by molar-refractivity contribution is 5.95. The Balaban J connectivity index is 3.68. The summed E-state index contributed by atoms with van der Waals surface area (Å²) in [6.07, 6.45) is -2.59. The van der Waals surface area contributed by atoms with Crippen LogP contribution in [0.4, 0.5) is 0 Å². The van der Waals surface area contributed by atoms with E-state index in [2.05, 4.69) is 17.2 Å². The van der Waals surface area contributed by atoms with Gasteiger partial charge in [0, 0.05) is 19.0 Å². The lowest BCUT2D eigenvalue weighted by atomic mass is 10.2. The Kier molecular flexibility index (Phi) is 13.9. The van der Waals surface area contributed by atoms with Crippen LogP contribution in [0.1, 0.15) is 20.8 Å². The number of hydrogen-bond acceptors (Lipinski definition) is 8. The average molecular weight is 390 g/mol. The van der Waals surface area contributed by atoms with Gasteiger partial charge in [-0.3, -0.25) is 9.59 Å². The molecule has 0 radical (unpaired) electrons. The highest BCUT2D eigenvalue weighted by Gasteiger charge is 2.12. The minimum absolute atomic E-state index is 0.00478. The SMILES string of the molecule is C=C(C)C(=O)CNCC(O)COCC(O)COCC(O)CNC(=O)C(C)C. The van der Waals surface area contributed by atoms with Crippen LogP contribution >= 0.6 is 0 Å². The molecule has 0 bridgehead atoms. The molecule has 0 spiro atoms. The van der Waals surface area contributed by atoms with Gasteiger partial charge in [0.2, 0.25) is 5.91 Å². The Morgan fingerprint density at radius 1 is 0.926 bits per heavy atom. The van der Waals surface area contributed by atoms with Gasteiger partial charge in [0.05, 0.1) is 45.2 Å². The molecule has 0 aromatic heterocycles. The lowest BCUT2D eigenvalue weighted by Crippen LogP contribution is -2.37. The predicted octanol–water partition coefficient (Wildman–Crippen LogP) is -1.39. The van der Waals surface area contributed by atoms with Crippen molar-refractivity contribution in [3.8, 4) is 0 Å². The number of nitrogens with one attached hydrogen (secondary N) is 2. The second kappa shape index (κ2) is 14.7. The monoisotopic (exact) mass is 390 g/mol. The first-order valence-electron chi connectivity index (χ1n) is 9.00. The number of hydrogen-bond donors (Lipinski definition) is 5. The molecule has 0 aromatic rings. The molecule has 0 saturated heterocycles. The summed E-state index contributed by atoms with van der Waals surface area (Å²) < 4.78 is 10.4. The highest BCUT2D eigenvalue weighted by Crippen LogP contribution is 1.94. The molecule has 27 heavy (non-hydrogen) atoms. The normalized spacial score (nSPS) is 14.6. The van der Waals surface area contributed by atoms with Crippen LogP contribution in [-0.4, -0.2) is 91.4 Å². The van der Waals surface area contributed by atoms with Crippen LogP contribution in [0.3, 0.4) is 0 Å². The van der Waals surface area contributed by atoms with Gasteiger partial charge in [-0.1, -0.05) is 20.4 Å². The summed E-state index contributed by atoms with van der Waals surface area (Å²) in [5.41, 5.74) is 0.448. The fourth-order valence-electron chi connectivity index (χ4n) is 1.77. The highest BCUT2D eigenvalue weighted by atomic mass is 16.5. The minimum Gasteiger partial charge on any atom is -0.389 e. The second-order valence-electron chi connectivity index (χ2n) is 6.77. The van der Waals surface area contributed by atoms with Crippen molar-refractivity contribution in [1.82, 2.24) is 10.6 Å². The maximum Gasteiger partial charge on any atom is 0.222 e. The van der Waals surface area contributed by atoms with E-state index in [9.17, 15) is 24.9 Å². The van der Waals surface area contributed by atoms with Crippen LogP contribution in [0.25, 0.3) is 0 Å². The molecule has 0 aliphatic rings. The third kappa shape index (κ3) is 14.4. The van der Waals surface area contributed by atoms with Gasteiger partial charge < -0.3 is 35.4 Å². The van der Waals surface area contributed by atoms with Crippen LogP contribution in [-0.2, 0) is 19.1 Å². The molecule has 0 heterocycles. The first-order chi connectivity index (χ1) is 12.6. The standard InChI is InChI=1S/C18H34N2O7/c1-12(2)17(24)7-19-5-14(21)8-26-10-16(23)11-27-9-15(22)6-20-18(25)13(3)4/h13-16,19,21-23H,1,5-11H2,2-4H3,(H,20,25). The van der Waals surface area contributed by atoms with Crippen LogP contribution in [0.5, 0.6) is 0 Å². The summed E-state index contributed by atoms with van der Waals surface area (Å²) >= 11 is 0. The van der Waals surface area contributed by atoms with Gasteiger partial charge in [0.25, 0.3) is 0 Å². The van der Waals surface area contributed by atoms with E-state index in [4.69, 9.17) is 9.47 Å². The van der Waals surface area contributed by atoms with Crippen LogP contribution < -0.4 is 10.6 Å². The first-order valence-corrected chi connectivity index (χ1v) is 9.00. The van der Waals surface area contributed by atoms with Gasteiger partial charge in [-0.05, 0) is 12.5 Å². The van der Waals surface area contributed by atoms with Crippen molar-refractivity contribution in [2.24, 2.45) is 5.92 Å². The molecule has 0 rings (SSSR count). The Morgan fingerprint density at radius 2 is 1.41 bits per heavy atom. The number of aliphatic hydroxyl groups excluding tert-OH is 3. The number of carbonyl (C=O) groups excluding carboxylic acids is 2. The van der Waals surface area contributed by atoms with Gasteiger partial charge in [-0.2, -0.15) is 0 Å². The molecule has 3 atom stereocenters. The van der Waals surface area contributed by atoms with Crippen molar-refractivity contribution in [2.75, 3.05) is 46.1 Å². The summed E-state index contributed by atoms with van der Waals surface area (Å²) in [6, 6.07) is 0. The average Bonchev–Trinajstić information content (AvgIpc) is 2.59. The molecule has 9 nitrogen and oxygen atoms in total. The molecule has 9 heteroatoms. The fraction of sp³-hybridized carbons (Fsp3) is 0.778. The van der Waals surface area contributed by atoms with Crippen LogP contribution in [0.15, 0.2) is 12.2 Å². The van der Waals surface area contributed by atoms with Crippen molar-refractivity contribution in [3.63, 3.8) is 0 Å². The van der Waals surface area contributed by atoms with E-state index in [0.717, 1.165) is 0 Å². The largest absolute Gasteiger partial charge is 0.389 e. The zero-order valence-electron chi connectivity index (χ0n) is 16.4. The van der Waals surface area contributed by atoms with Crippen molar-refractivity contribution in [2.45, 2.75) is 39.1 Å². The van der Waals surface area contributed by atoms with Crippen molar-refractivity contribution in [3.05, 3.63) is 12.2 Å². The zero-order valence-corrected chi connectivity index (χ0v) is 16.4. The Bertz CT molecular complexity index is 457. The van der Waals surface area contributed by atoms with Crippen molar-refractivity contribution in [1.29, 1.82) is 0 Å². The summed E-state index contributed by atoms with van der Waals surface area (Å²) in [4.78, 5) is 22.7. The summed E-state index contributed by atoms with van der Waals surface area (Å²) in [5.74, 6) is -0.435. The molecular formula is C18H34N2O7. The number of aliphatic hydroxyl groups is 3. The van der Waals surface area contributed by atoms with Gasteiger partial charge in [0.1, 0.15) is 6.10 Å². The van der Waals surface area contributed by atoms with Gasteiger partial charge in [-0.25, -0.2) is 0 Å². The van der Waals surface area contributed by atoms with E-state index >= 15 is 0 Å². The molecular weight excluding hydrogens is 356 g/mol. The van der Waals surface area contributed by atoms with Crippen LogP contribution in [0, 0.1) is 5.92 Å². The van der Waals surface area contributed by atoms with Crippen LogP contribution in [0.2, 0.25) is 0 Å². The number of ketones is 1. The van der Waals surface area contributed by atoms with E-state index < -0.39 is 18.3 Å². The van der Waals surface area contributed by atoms with Crippen molar-refractivity contribution < 1.29 is 34.4 Å². The summed E-state index contributed by atoms with van der Waals surface area (Å²) in [6.45, 7) is 8.90. The minimum atomic E-state index is -0.910. The lowest BCUT2D eigenvalue weighted by molar-refractivity contribution is -0.124. The van der Waals surface area contributed by atoms with E-state index in [0.29, 0.717) is 5.57 Å². The number of Topliss-reactive ketones (excluding diaryl/α,β-unsaturated/α-hetero) is 1. The molecule has 0 aliphatic heterocycles. The van der Waals surface area contributed by atoms with Gasteiger partial charge >= 0.3 is 0 Å². The van der Waals surface area contributed by atoms with E-state index in [1.54, 1.807) is 20.8 Å². The molecule has 158 valence electrons. The Hall–Kier alpha value is -1.36. The smallest absolute Gasteiger partial charge is 0.222 e. The quantitative estimate of drug-likeness (QED) is 0.203. The maximum atomic E-state index is 11.4. The Labute approximate surface area is 160 Å². The third-order valence-electron chi connectivity index (χ3n) is 3.42. The number of ether oxygens (including phenoxy) is 2. The third-order valence-corrected chi connectivity index (χ3v) is 3.42. The molecule has 5 N–H and O–H groups in total. The molecule has 3 unspecified atom stereocenters. The molecule has 1 amide bonds. The molecule has 0 saturated carbocycles. The lowest BCUT2D eigenvalue weighted by Gasteiger charge is -2.17. The summed E-state index contributed by atoms with van der Waals surface area (Å²) in [7, 11) is 0. The Morgan fingerprint density at radius 3 is 1.89 bits per heavy atom. The second-order valence-corrected chi connectivity index (χ2v) is 6.77. The number of amides is 1. The molecule has 0 fully saturated rings. The van der Waals surface area contributed by atoms with Gasteiger partial charge in [0.15, 0.2) is 5.78 Å². The van der Waals surface area contributed by atoms with Crippen molar-refractivity contribution >= 4 is 11.7 Å². The van der Waals surface area contributed by atoms with E-state index in [1.165, 1.54) is 0 Å². The summed E-state index contributed by atoms with van der Waals surface area (Å²) in [5, 5.41) is 34.5. The van der Waals surface area contributed by atoms with Gasteiger partial charge in [-0.15, -0.1) is 0 Å². The molecule has 0 aliphatic carbocycles. The van der Waals surface area contributed by atoms with E-state index in [-0.39, 0.29) is 63.7 Å². The fourth-order valence-corrected chi connectivity index (χ4v) is 1.77. The number of carbonyl (C=O) groups is 2. The van der Waals surface area contributed by atoms with E-state index in [1.807, 2.05) is 0 Å². The topological polar surface area (TPSA) is 137 Å². The maximum absolute atomic E-state index is 11.4.